The van der Waals surface area contributed by atoms with Crippen LogP contribution in [0, 0.1) is 18.3 Å². The number of rotatable bonds is 6. The lowest BCUT2D eigenvalue weighted by Gasteiger charge is -2.13. The highest BCUT2D eigenvalue weighted by Crippen LogP contribution is 2.33. The minimum Gasteiger partial charge on any atom is -0.382 e. The van der Waals surface area contributed by atoms with E-state index in [4.69, 9.17) is 0 Å². The van der Waals surface area contributed by atoms with Crippen molar-refractivity contribution in [1.82, 2.24) is 13.9 Å². The number of aromatic nitrogens is 2. The van der Waals surface area contributed by atoms with E-state index >= 15 is 0 Å². The number of nitrogens with zero attached hydrogens (tertiary/aromatic N) is 4. The van der Waals surface area contributed by atoms with Crippen molar-refractivity contribution in [2.24, 2.45) is 0 Å². The van der Waals surface area contributed by atoms with Crippen LogP contribution in [0.5, 0.6) is 0 Å². The van der Waals surface area contributed by atoms with Crippen molar-refractivity contribution >= 4 is 26.7 Å². The Balaban J connectivity index is 2.01. The molecular weight excluding hydrogens is 517 g/mol. The Morgan fingerprint density at radius 1 is 1.05 bits per heavy atom. The van der Waals surface area contributed by atoms with Gasteiger partial charge in [-0.2, -0.15) is 18.4 Å². The normalized spacial score (nSPS) is 12.4. The molecule has 0 aliphatic heterocycles. The molecule has 0 amide bonds. The highest BCUT2D eigenvalue weighted by Gasteiger charge is 2.33. The van der Waals surface area contributed by atoms with Crippen LogP contribution in [0.1, 0.15) is 21.7 Å². The van der Waals surface area contributed by atoms with Crippen molar-refractivity contribution in [3.05, 3.63) is 95.5 Å². The summed E-state index contributed by atoms with van der Waals surface area (Å²) < 4.78 is 68.3. The lowest BCUT2D eigenvalue weighted by molar-refractivity contribution is -0.141. The maximum Gasteiger partial charge on any atom is 0.433 e. The monoisotopic (exact) mass is 538 g/mol. The molecular formula is C27H21F3N4O3S. The van der Waals surface area contributed by atoms with Gasteiger partial charge in [0.1, 0.15) is 23.0 Å². The maximum absolute atomic E-state index is 13.8. The van der Waals surface area contributed by atoms with E-state index < -0.39 is 27.7 Å². The van der Waals surface area contributed by atoms with Gasteiger partial charge in [0.05, 0.1) is 16.1 Å². The van der Waals surface area contributed by atoms with Crippen LogP contribution in [0.25, 0.3) is 22.2 Å². The zero-order valence-electron chi connectivity index (χ0n) is 20.5. The highest BCUT2D eigenvalue weighted by molar-refractivity contribution is 7.90. The molecule has 0 N–H and O–H groups in total. The number of carbonyl (C=O) groups is 1. The number of fused-ring (bicyclic) bond motifs is 1. The molecule has 0 fully saturated rings. The third kappa shape index (κ3) is 5.03. The SMILES string of the molecule is Cc1ccc(S(=O)(=O)n2c(C(=O)/C(C#N)=C\N(C)C)cc3ccc(-c4cccc(C(F)(F)F)n4)cc32)cc1. The summed E-state index contributed by atoms with van der Waals surface area (Å²) in [5.74, 6) is -0.827. The van der Waals surface area contributed by atoms with Gasteiger partial charge in [0.15, 0.2) is 0 Å². The lowest BCUT2D eigenvalue weighted by Crippen LogP contribution is -2.20. The second-order valence-corrected chi connectivity index (χ2v) is 10.5. The first kappa shape index (κ1) is 26.6. The van der Waals surface area contributed by atoms with E-state index in [1.54, 1.807) is 39.2 Å². The number of pyridine rings is 1. The van der Waals surface area contributed by atoms with Crippen LogP contribution in [0.2, 0.25) is 0 Å². The fourth-order valence-electron chi connectivity index (χ4n) is 3.86. The van der Waals surface area contributed by atoms with Gasteiger partial charge in [-0.3, -0.25) is 4.79 Å². The number of ketones is 1. The van der Waals surface area contributed by atoms with E-state index in [-0.39, 0.29) is 32.9 Å². The Morgan fingerprint density at radius 2 is 1.74 bits per heavy atom. The molecule has 0 radical (unpaired) electrons. The maximum atomic E-state index is 13.8. The Labute approximate surface area is 217 Å². The van der Waals surface area contributed by atoms with Gasteiger partial charge < -0.3 is 4.90 Å². The van der Waals surface area contributed by atoms with Crippen LogP contribution in [0.4, 0.5) is 13.2 Å². The Morgan fingerprint density at radius 3 is 2.34 bits per heavy atom. The molecule has 0 saturated carbocycles. The average molecular weight is 539 g/mol. The standard InChI is InChI=1S/C27H21F3N4O3S/c1-17-7-11-21(12-8-17)38(36,37)34-23-13-18(22-5-4-6-25(32-22)27(28,29)30)9-10-19(23)14-24(34)26(35)20(15-31)16-33(2)3/h4-14,16H,1-3H3/b20-16-. The van der Waals surface area contributed by atoms with Gasteiger partial charge in [-0.05, 0) is 43.3 Å². The topological polar surface area (TPSA) is 96.1 Å². The van der Waals surface area contributed by atoms with E-state index in [1.165, 1.54) is 59.6 Å². The predicted molar refractivity (Wildman–Crippen MR) is 136 cm³/mol. The van der Waals surface area contributed by atoms with Crippen molar-refractivity contribution in [1.29, 1.82) is 5.26 Å². The molecule has 7 nitrogen and oxygen atoms in total. The van der Waals surface area contributed by atoms with Gasteiger partial charge in [0.25, 0.3) is 10.0 Å². The van der Waals surface area contributed by atoms with Crippen LogP contribution >= 0.6 is 0 Å². The molecule has 0 saturated heterocycles. The van der Waals surface area contributed by atoms with Crippen molar-refractivity contribution in [3.8, 4) is 17.3 Å². The third-order valence-corrected chi connectivity index (χ3v) is 7.38. The van der Waals surface area contributed by atoms with Gasteiger partial charge in [0.2, 0.25) is 5.78 Å². The molecule has 38 heavy (non-hydrogen) atoms. The minimum absolute atomic E-state index is 0.0275. The van der Waals surface area contributed by atoms with Gasteiger partial charge in [0, 0.05) is 31.2 Å². The van der Waals surface area contributed by atoms with Crippen LogP contribution in [0.15, 0.2) is 83.4 Å². The van der Waals surface area contributed by atoms with Crippen molar-refractivity contribution in [3.63, 3.8) is 0 Å². The quantitative estimate of drug-likeness (QED) is 0.185. The Kier molecular flexibility index (Phi) is 6.86. The first-order chi connectivity index (χ1) is 17.8. The van der Waals surface area contributed by atoms with Gasteiger partial charge in [-0.15, -0.1) is 0 Å². The fraction of sp³-hybridized carbons (Fsp3) is 0.148. The predicted octanol–water partition coefficient (Wildman–Crippen LogP) is 5.42. The summed E-state index contributed by atoms with van der Waals surface area (Å²) in [5, 5.41) is 9.92. The third-order valence-electron chi connectivity index (χ3n) is 5.64. The molecule has 0 unspecified atom stereocenters. The number of hydrogen-bond donors (Lipinski definition) is 0. The summed E-state index contributed by atoms with van der Waals surface area (Å²) in [6, 6.07) is 16.9. The number of allylic oxidation sites excluding steroid dienone is 1. The number of hydrogen-bond acceptors (Lipinski definition) is 6. The minimum atomic E-state index is -4.67. The summed E-state index contributed by atoms with van der Waals surface area (Å²) in [4.78, 5) is 18.5. The molecule has 194 valence electrons. The summed E-state index contributed by atoms with van der Waals surface area (Å²) in [6.45, 7) is 1.79. The zero-order valence-corrected chi connectivity index (χ0v) is 21.3. The van der Waals surface area contributed by atoms with Gasteiger partial charge in [-0.1, -0.05) is 35.9 Å². The smallest absolute Gasteiger partial charge is 0.382 e. The van der Waals surface area contributed by atoms with Crippen molar-refractivity contribution in [2.75, 3.05) is 14.1 Å². The number of benzene rings is 2. The lowest BCUT2D eigenvalue weighted by atomic mass is 10.1. The molecule has 2 aromatic carbocycles. The molecule has 0 spiro atoms. The Hall–Kier alpha value is -4.43. The molecule has 0 atom stereocenters. The van der Waals surface area contributed by atoms with Gasteiger partial charge in [-0.25, -0.2) is 17.4 Å². The van der Waals surface area contributed by atoms with E-state index in [1.807, 2.05) is 0 Å². The molecule has 0 aliphatic carbocycles. The first-order valence-electron chi connectivity index (χ1n) is 11.2. The first-order valence-corrected chi connectivity index (χ1v) is 12.6. The van der Waals surface area contributed by atoms with Crippen LogP contribution in [0.3, 0.4) is 0 Å². The second kappa shape index (κ2) is 9.79. The molecule has 11 heteroatoms. The average Bonchev–Trinajstić information content (AvgIpc) is 3.26. The van der Waals surface area contributed by atoms with E-state index in [9.17, 15) is 31.6 Å². The van der Waals surface area contributed by atoms with Crippen LogP contribution in [-0.4, -0.2) is 42.2 Å². The number of carbonyl (C=O) groups excluding carboxylic acids is 1. The summed E-state index contributed by atoms with van der Waals surface area (Å²) in [5.41, 5.74) is -0.627. The molecule has 0 aliphatic rings. The number of halogens is 3. The summed E-state index contributed by atoms with van der Waals surface area (Å²) >= 11 is 0. The van der Waals surface area contributed by atoms with Gasteiger partial charge >= 0.3 is 6.18 Å². The fourth-order valence-corrected chi connectivity index (χ4v) is 5.36. The molecule has 2 aromatic heterocycles. The highest BCUT2D eigenvalue weighted by atomic mass is 32.2. The molecule has 2 heterocycles. The Bertz CT molecular complexity index is 1730. The molecule has 4 rings (SSSR count). The zero-order chi connectivity index (χ0) is 27.8. The summed E-state index contributed by atoms with van der Waals surface area (Å²) in [7, 11) is -1.15. The van der Waals surface area contributed by atoms with E-state index in [2.05, 4.69) is 4.98 Å². The second-order valence-electron chi connectivity index (χ2n) is 8.74. The van der Waals surface area contributed by atoms with Crippen molar-refractivity contribution < 1.29 is 26.4 Å². The van der Waals surface area contributed by atoms with Crippen molar-refractivity contribution in [2.45, 2.75) is 18.0 Å². The van der Waals surface area contributed by atoms with Crippen LogP contribution in [-0.2, 0) is 16.2 Å². The number of alkyl halides is 3. The van der Waals surface area contributed by atoms with E-state index in [0.717, 1.165) is 15.6 Å². The largest absolute Gasteiger partial charge is 0.433 e. The number of nitriles is 1. The van der Waals surface area contributed by atoms with E-state index in [0.29, 0.717) is 5.39 Å². The number of aryl methyl sites for hydroxylation is 1. The molecule has 0 bridgehead atoms. The molecule has 4 aromatic rings. The summed E-state index contributed by atoms with van der Waals surface area (Å²) in [6.07, 6.45) is -3.39. The van der Waals surface area contributed by atoms with Crippen LogP contribution < -0.4 is 0 Å². The number of Topliss-reactive ketones (excluding diaryl/α,β-unsaturated/α-hetero) is 1.